The summed E-state index contributed by atoms with van der Waals surface area (Å²) in [6.07, 6.45) is 0. The second kappa shape index (κ2) is 6.26. The van der Waals surface area contributed by atoms with E-state index in [9.17, 15) is 8.42 Å². The minimum atomic E-state index is -3.51. The van der Waals surface area contributed by atoms with Crippen LogP contribution in [0.4, 0.5) is 0 Å². The molecule has 0 heterocycles. The molecule has 0 radical (unpaired) electrons. The fourth-order valence-electron chi connectivity index (χ4n) is 1.73. The van der Waals surface area contributed by atoms with Crippen LogP contribution in [0.3, 0.4) is 0 Å². The maximum atomic E-state index is 12.1. The summed E-state index contributed by atoms with van der Waals surface area (Å²) in [7, 11) is -3.51. The highest BCUT2D eigenvalue weighted by molar-refractivity contribution is 9.10. The largest absolute Gasteiger partial charge is 0.240 e. The number of sulfonamides is 1. The smallest absolute Gasteiger partial charge is 0.207 e. The Bertz CT molecular complexity index is 714. The van der Waals surface area contributed by atoms with Gasteiger partial charge in [-0.2, -0.15) is 0 Å². The molecule has 0 aliphatic heterocycles. The maximum Gasteiger partial charge on any atom is 0.240 e. The summed E-state index contributed by atoms with van der Waals surface area (Å²) in [5.74, 6) is 0. The Hall–Kier alpha value is -0.880. The van der Waals surface area contributed by atoms with Crippen LogP contribution in [-0.4, -0.2) is 8.42 Å². The van der Waals surface area contributed by atoms with Gasteiger partial charge in [0.1, 0.15) is 0 Å². The van der Waals surface area contributed by atoms with Gasteiger partial charge in [0.25, 0.3) is 0 Å². The predicted molar refractivity (Wildman–Crippen MR) is 84.4 cm³/mol. The van der Waals surface area contributed by atoms with E-state index in [1.807, 2.05) is 19.1 Å². The van der Waals surface area contributed by atoms with Crippen molar-refractivity contribution in [2.45, 2.75) is 18.4 Å². The lowest BCUT2D eigenvalue weighted by atomic mass is 10.1. The topological polar surface area (TPSA) is 46.2 Å². The third kappa shape index (κ3) is 3.82. The van der Waals surface area contributed by atoms with Gasteiger partial charge in [0.2, 0.25) is 10.0 Å². The summed E-state index contributed by atoms with van der Waals surface area (Å²) >= 11 is 9.15. The molecule has 3 nitrogen and oxygen atoms in total. The third-order valence-corrected chi connectivity index (χ3v) is 5.06. The van der Waals surface area contributed by atoms with Crippen LogP contribution in [0.25, 0.3) is 0 Å². The van der Waals surface area contributed by atoms with E-state index in [1.54, 1.807) is 30.3 Å². The van der Waals surface area contributed by atoms with Crippen LogP contribution in [0.5, 0.6) is 0 Å². The number of nitrogens with one attached hydrogen (secondary N) is 1. The Kier molecular flexibility index (Phi) is 4.86. The van der Waals surface area contributed by atoms with Crippen molar-refractivity contribution in [1.82, 2.24) is 4.72 Å². The van der Waals surface area contributed by atoms with E-state index in [0.717, 1.165) is 15.6 Å². The first-order valence-electron chi connectivity index (χ1n) is 5.89. The van der Waals surface area contributed by atoms with Crippen molar-refractivity contribution in [3.8, 4) is 0 Å². The molecule has 0 aromatic heterocycles. The Labute approximate surface area is 132 Å². The minimum Gasteiger partial charge on any atom is -0.207 e. The highest BCUT2D eigenvalue weighted by Crippen LogP contribution is 2.17. The number of halogens is 2. The highest BCUT2D eigenvalue weighted by atomic mass is 79.9. The average Bonchev–Trinajstić information content (AvgIpc) is 2.38. The van der Waals surface area contributed by atoms with Gasteiger partial charge < -0.3 is 0 Å². The Morgan fingerprint density at radius 3 is 2.40 bits per heavy atom. The van der Waals surface area contributed by atoms with E-state index in [2.05, 4.69) is 20.7 Å². The molecule has 0 bridgehead atoms. The quantitative estimate of drug-likeness (QED) is 0.882. The van der Waals surface area contributed by atoms with Crippen molar-refractivity contribution < 1.29 is 8.42 Å². The van der Waals surface area contributed by atoms with Gasteiger partial charge in [-0.25, -0.2) is 13.1 Å². The number of hydrogen-bond acceptors (Lipinski definition) is 2. The summed E-state index contributed by atoms with van der Waals surface area (Å²) in [6.45, 7) is 2.14. The molecule has 2 rings (SSSR count). The van der Waals surface area contributed by atoms with E-state index >= 15 is 0 Å². The molecule has 0 unspecified atom stereocenters. The number of aryl methyl sites for hydroxylation is 1. The van der Waals surface area contributed by atoms with Crippen molar-refractivity contribution in [2.75, 3.05) is 0 Å². The van der Waals surface area contributed by atoms with Crippen LogP contribution in [0, 0.1) is 6.92 Å². The molecule has 106 valence electrons. The summed E-state index contributed by atoms with van der Waals surface area (Å²) in [5, 5.41) is 0.641. The van der Waals surface area contributed by atoms with Crippen LogP contribution in [0.2, 0.25) is 5.02 Å². The predicted octanol–water partition coefficient (Wildman–Crippen LogP) is 3.89. The molecule has 2 aromatic rings. The van der Waals surface area contributed by atoms with Gasteiger partial charge in [-0.15, -0.1) is 0 Å². The SMILES string of the molecule is Cc1cc(Cl)ccc1CNS(=O)(=O)c1ccc(Br)cc1. The molecule has 0 aliphatic carbocycles. The fourth-order valence-corrected chi connectivity index (χ4v) is 3.23. The van der Waals surface area contributed by atoms with Crippen LogP contribution in [-0.2, 0) is 16.6 Å². The van der Waals surface area contributed by atoms with Gasteiger partial charge in [0.05, 0.1) is 4.90 Å². The van der Waals surface area contributed by atoms with Crippen LogP contribution in [0.15, 0.2) is 51.8 Å². The lowest BCUT2D eigenvalue weighted by Crippen LogP contribution is -2.23. The van der Waals surface area contributed by atoms with Crippen LogP contribution >= 0.6 is 27.5 Å². The van der Waals surface area contributed by atoms with Crippen molar-refractivity contribution in [3.63, 3.8) is 0 Å². The molecular weight excluding hydrogens is 362 g/mol. The minimum absolute atomic E-state index is 0.237. The van der Waals surface area contributed by atoms with Gasteiger partial charge in [-0.05, 0) is 54.4 Å². The summed E-state index contributed by atoms with van der Waals surface area (Å²) in [5.41, 5.74) is 1.85. The summed E-state index contributed by atoms with van der Waals surface area (Å²) in [6, 6.07) is 11.9. The van der Waals surface area contributed by atoms with Crippen molar-refractivity contribution in [3.05, 3.63) is 63.1 Å². The number of benzene rings is 2. The zero-order valence-electron chi connectivity index (χ0n) is 10.7. The molecule has 0 saturated heterocycles. The molecule has 0 saturated carbocycles. The Morgan fingerprint density at radius 2 is 1.80 bits per heavy atom. The van der Waals surface area contributed by atoms with Crippen LogP contribution in [0.1, 0.15) is 11.1 Å². The fraction of sp³-hybridized carbons (Fsp3) is 0.143. The monoisotopic (exact) mass is 373 g/mol. The molecule has 6 heteroatoms. The first-order valence-corrected chi connectivity index (χ1v) is 8.54. The third-order valence-electron chi connectivity index (χ3n) is 2.88. The van der Waals surface area contributed by atoms with Gasteiger partial charge in [0, 0.05) is 16.0 Å². The summed E-state index contributed by atoms with van der Waals surface area (Å²) < 4.78 is 27.7. The van der Waals surface area contributed by atoms with Crippen LogP contribution < -0.4 is 4.72 Å². The summed E-state index contributed by atoms with van der Waals surface area (Å²) in [4.78, 5) is 0.243. The van der Waals surface area contributed by atoms with Gasteiger partial charge in [-0.3, -0.25) is 0 Å². The Balaban J connectivity index is 2.15. The number of hydrogen-bond donors (Lipinski definition) is 1. The maximum absolute atomic E-state index is 12.1. The van der Waals surface area contributed by atoms with E-state index in [0.29, 0.717) is 5.02 Å². The molecule has 0 spiro atoms. The second-order valence-corrected chi connectivity index (χ2v) is 7.47. The second-order valence-electron chi connectivity index (χ2n) is 4.35. The van der Waals surface area contributed by atoms with E-state index in [4.69, 9.17) is 11.6 Å². The lowest BCUT2D eigenvalue weighted by molar-refractivity contribution is 0.581. The molecule has 0 fully saturated rings. The molecule has 20 heavy (non-hydrogen) atoms. The first kappa shape index (κ1) is 15.5. The van der Waals surface area contributed by atoms with Crippen molar-refractivity contribution in [1.29, 1.82) is 0 Å². The average molecular weight is 375 g/mol. The molecular formula is C14H13BrClNO2S. The molecule has 0 amide bonds. The van der Waals surface area contributed by atoms with Gasteiger partial charge >= 0.3 is 0 Å². The van der Waals surface area contributed by atoms with E-state index in [1.165, 1.54) is 0 Å². The van der Waals surface area contributed by atoms with Gasteiger partial charge in [-0.1, -0.05) is 33.6 Å². The van der Waals surface area contributed by atoms with E-state index < -0.39 is 10.0 Å². The highest BCUT2D eigenvalue weighted by Gasteiger charge is 2.13. The number of rotatable bonds is 4. The zero-order valence-corrected chi connectivity index (χ0v) is 13.9. The Morgan fingerprint density at radius 1 is 1.15 bits per heavy atom. The van der Waals surface area contributed by atoms with Gasteiger partial charge in [0.15, 0.2) is 0 Å². The van der Waals surface area contributed by atoms with E-state index in [-0.39, 0.29) is 11.4 Å². The molecule has 0 aliphatic rings. The van der Waals surface area contributed by atoms with Crippen molar-refractivity contribution >= 4 is 37.6 Å². The molecule has 0 atom stereocenters. The standard InChI is InChI=1S/C14H13BrClNO2S/c1-10-8-13(16)5-2-11(10)9-17-20(18,19)14-6-3-12(15)4-7-14/h2-8,17H,9H2,1H3. The zero-order chi connectivity index (χ0) is 14.8. The molecule has 1 N–H and O–H groups in total. The molecule has 2 aromatic carbocycles. The first-order chi connectivity index (χ1) is 9.38. The van der Waals surface area contributed by atoms with Crippen molar-refractivity contribution in [2.24, 2.45) is 0 Å². The normalized spacial score (nSPS) is 11.6. The lowest BCUT2D eigenvalue weighted by Gasteiger charge is -2.09.